The van der Waals surface area contributed by atoms with Crippen molar-refractivity contribution >= 4 is 11.6 Å². The summed E-state index contributed by atoms with van der Waals surface area (Å²) >= 11 is 0. The number of carbonyl (C=O) groups is 1. The molecule has 1 fully saturated rings. The molecular formula is C17H26N2O2. The van der Waals surface area contributed by atoms with E-state index >= 15 is 0 Å². The zero-order valence-corrected chi connectivity index (χ0v) is 12.8. The molecule has 116 valence electrons. The SMILES string of the molecule is CC1CCCC(O)(CNC(=O)CCc2ccccc2N)C1. The molecule has 1 aromatic carbocycles. The second kappa shape index (κ2) is 6.94. The van der Waals surface area contributed by atoms with Crippen LogP contribution in [0.4, 0.5) is 5.69 Å². The van der Waals surface area contributed by atoms with E-state index in [4.69, 9.17) is 5.73 Å². The number of aryl methyl sites for hydroxylation is 1. The predicted molar refractivity (Wildman–Crippen MR) is 84.8 cm³/mol. The molecule has 2 unspecified atom stereocenters. The molecule has 0 aromatic heterocycles. The van der Waals surface area contributed by atoms with Crippen LogP contribution in [0.5, 0.6) is 0 Å². The molecule has 4 N–H and O–H groups in total. The van der Waals surface area contributed by atoms with Crippen molar-refractivity contribution in [3.05, 3.63) is 29.8 Å². The van der Waals surface area contributed by atoms with E-state index in [1.165, 1.54) is 6.42 Å². The van der Waals surface area contributed by atoms with Crippen LogP contribution in [-0.2, 0) is 11.2 Å². The summed E-state index contributed by atoms with van der Waals surface area (Å²) in [6.07, 6.45) is 4.80. The maximum absolute atomic E-state index is 11.9. The molecule has 2 atom stereocenters. The number of nitrogens with two attached hydrogens (primary N) is 1. The molecule has 4 nitrogen and oxygen atoms in total. The van der Waals surface area contributed by atoms with Crippen LogP contribution in [0.3, 0.4) is 0 Å². The van der Waals surface area contributed by atoms with Crippen LogP contribution in [0.2, 0.25) is 0 Å². The zero-order chi connectivity index (χ0) is 15.3. The van der Waals surface area contributed by atoms with E-state index in [2.05, 4.69) is 12.2 Å². The van der Waals surface area contributed by atoms with Crippen molar-refractivity contribution in [1.29, 1.82) is 0 Å². The highest BCUT2D eigenvalue weighted by atomic mass is 16.3. The summed E-state index contributed by atoms with van der Waals surface area (Å²) in [5.41, 5.74) is 6.86. The Morgan fingerprint density at radius 1 is 1.48 bits per heavy atom. The van der Waals surface area contributed by atoms with Gasteiger partial charge >= 0.3 is 0 Å². The molecule has 1 aromatic rings. The molecule has 1 aliphatic carbocycles. The van der Waals surface area contributed by atoms with Gasteiger partial charge in [-0.05, 0) is 36.8 Å². The lowest BCUT2D eigenvalue weighted by molar-refractivity contribution is -0.122. The average molecular weight is 290 g/mol. The van der Waals surface area contributed by atoms with Gasteiger partial charge in [0.1, 0.15) is 0 Å². The van der Waals surface area contributed by atoms with Gasteiger partial charge in [-0.15, -0.1) is 0 Å². The van der Waals surface area contributed by atoms with Crippen molar-refractivity contribution in [3.8, 4) is 0 Å². The zero-order valence-electron chi connectivity index (χ0n) is 12.8. The summed E-state index contributed by atoms with van der Waals surface area (Å²) in [5, 5.41) is 13.4. The number of para-hydroxylation sites is 1. The number of hydrogen-bond acceptors (Lipinski definition) is 3. The van der Waals surface area contributed by atoms with Crippen LogP contribution >= 0.6 is 0 Å². The highest BCUT2D eigenvalue weighted by molar-refractivity contribution is 5.76. The molecule has 0 saturated heterocycles. The maximum atomic E-state index is 11.9. The first-order valence-corrected chi connectivity index (χ1v) is 7.81. The molecule has 1 amide bonds. The highest BCUT2D eigenvalue weighted by Gasteiger charge is 2.32. The first-order valence-electron chi connectivity index (χ1n) is 7.81. The van der Waals surface area contributed by atoms with E-state index in [0.717, 1.165) is 30.5 Å². The largest absolute Gasteiger partial charge is 0.399 e. The van der Waals surface area contributed by atoms with Gasteiger partial charge in [0.2, 0.25) is 5.91 Å². The minimum absolute atomic E-state index is 0.0232. The van der Waals surface area contributed by atoms with Gasteiger partial charge in [-0.25, -0.2) is 0 Å². The number of nitrogens with one attached hydrogen (secondary N) is 1. The lowest BCUT2D eigenvalue weighted by Gasteiger charge is -2.35. The van der Waals surface area contributed by atoms with Gasteiger partial charge in [0.25, 0.3) is 0 Å². The quantitative estimate of drug-likeness (QED) is 0.728. The molecule has 0 radical (unpaired) electrons. The third-order valence-electron chi connectivity index (χ3n) is 4.36. The summed E-state index contributed by atoms with van der Waals surface area (Å²) < 4.78 is 0. The number of anilines is 1. The van der Waals surface area contributed by atoms with E-state index < -0.39 is 5.60 Å². The molecule has 21 heavy (non-hydrogen) atoms. The Balaban J connectivity index is 1.76. The summed E-state index contributed by atoms with van der Waals surface area (Å²) in [6, 6.07) is 7.60. The smallest absolute Gasteiger partial charge is 0.220 e. The van der Waals surface area contributed by atoms with E-state index in [0.29, 0.717) is 25.3 Å². The van der Waals surface area contributed by atoms with Gasteiger partial charge in [-0.3, -0.25) is 4.79 Å². The van der Waals surface area contributed by atoms with E-state index in [9.17, 15) is 9.90 Å². The Morgan fingerprint density at radius 3 is 2.95 bits per heavy atom. The van der Waals surface area contributed by atoms with Crippen LogP contribution < -0.4 is 11.1 Å². The van der Waals surface area contributed by atoms with Crippen molar-refractivity contribution in [2.24, 2.45) is 5.92 Å². The third kappa shape index (κ3) is 4.74. The van der Waals surface area contributed by atoms with Gasteiger partial charge in [0, 0.05) is 18.7 Å². The van der Waals surface area contributed by atoms with Crippen molar-refractivity contribution in [2.75, 3.05) is 12.3 Å². The van der Waals surface area contributed by atoms with E-state index in [-0.39, 0.29) is 5.91 Å². The topological polar surface area (TPSA) is 75.3 Å². The van der Waals surface area contributed by atoms with Crippen LogP contribution in [0.25, 0.3) is 0 Å². The van der Waals surface area contributed by atoms with Crippen LogP contribution in [0.1, 0.15) is 44.6 Å². The summed E-state index contributed by atoms with van der Waals surface area (Å²) in [6.45, 7) is 2.52. The fourth-order valence-corrected chi connectivity index (χ4v) is 3.15. The number of nitrogen functional groups attached to an aromatic ring is 1. The minimum Gasteiger partial charge on any atom is -0.399 e. The fraction of sp³-hybridized carbons (Fsp3) is 0.588. The second-order valence-electron chi connectivity index (χ2n) is 6.40. The van der Waals surface area contributed by atoms with E-state index in [1.54, 1.807) is 0 Å². The number of hydrogen-bond donors (Lipinski definition) is 3. The van der Waals surface area contributed by atoms with Gasteiger partial charge in [-0.1, -0.05) is 38.0 Å². The number of aliphatic hydroxyl groups is 1. The normalized spacial score (nSPS) is 25.5. The Labute approximate surface area is 126 Å². The van der Waals surface area contributed by atoms with Crippen LogP contribution in [-0.4, -0.2) is 23.2 Å². The molecule has 0 spiro atoms. The van der Waals surface area contributed by atoms with Gasteiger partial charge in [-0.2, -0.15) is 0 Å². The summed E-state index contributed by atoms with van der Waals surface area (Å²) in [4.78, 5) is 11.9. The average Bonchev–Trinajstić information content (AvgIpc) is 2.44. The Bertz CT molecular complexity index is 489. The van der Waals surface area contributed by atoms with Crippen LogP contribution in [0.15, 0.2) is 24.3 Å². The minimum atomic E-state index is -0.723. The molecular weight excluding hydrogens is 264 g/mol. The van der Waals surface area contributed by atoms with Gasteiger partial charge in [0.15, 0.2) is 0 Å². The van der Waals surface area contributed by atoms with Gasteiger partial charge < -0.3 is 16.2 Å². The first kappa shape index (κ1) is 15.8. The monoisotopic (exact) mass is 290 g/mol. The third-order valence-corrected chi connectivity index (χ3v) is 4.36. The lowest BCUT2D eigenvalue weighted by Crippen LogP contribution is -2.45. The first-order chi connectivity index (χ1) is 9.98. The van der Waals surface area contributed by atoms with Crippen molar-refractivity contribution in [1.82, 2.24) is 5.32 Å². The predicted octanol–water partition coefficient (Wildman–Crippen LogP) is 2.26. The highest BCUT2D eigenvalue weighted by Crippen LogP contribution is 2.31. The molecule has 4 heteroatoms. The van der Waals surface area contributed by atoms with Crippen molar-refractivity contribution in [2.45, 2.75) is 51.0 Å². The fourth-order valence-electron chi connectivity index (χ4n) is 3.15. The molecule has 0 heterocycles. The number of rotatable bonds is 5. The number of amides is 1. The van der Waals surface area contributed by atoms with Crippen molar-refractivity contribution in [3.63, 3.8) is 0 Å². The van der Waals surface area contributed by atoms with Crippen LogP contribution in [0, 0.1) is 5.92 Å². The molecule has 1 aliphatic rings. The molecule has 0 aliphatic heterocycles. The number of benzene rings is 1. The molecule has 0 bridgehead atoms. The molecule has 1 saturated carbocycles. The Hall–Kier alpha value is -1.55. The standard InChI is InChI=1S/C17H26N2O2/c1-13-5-4-10-17(21,11-13)12-19-16(20)9-8-14-6-2-3-7-15(14)18/h2-3,6-7,13,21H,4-5,8-12,18H2,1H3,(H,19,20). The molecule has 2 rings (SSSR count). The summed E-state index contributed by atoms with van der Waals surface area (Å²) in [5.74, 6) is 0.509. The van der Waals surface area contributed by atoms with Crippen molar-refractivity contribution < 1.29 is 9.90 Å². The Morgan fingerprint density at radius 2 is 2.24 bits per heavy atom. The lowest BCUT2D eigenvalue weighted by atomic mass is 9.79. The Kier molecular flexibility index (Phi) is 5.23. The maximum Gasteiger partial charge on any atom is 0.220 e. The van der Waals surface area contributed by atoms with E-state index in [1.807, 2.05) is 24.3 Å². The van der Waals surface area contributed by atoms with Gasteiger partial charge in [0.05, 0.1) is 5.60 Å². The second-order valence-corrected chi connectivity index (χ2v) is 6.40. The number of carbonyl (C=O) groups excluding carboxylic acids is 1. The summed E-state index contributed by atoms with van der Waals surface area (Å²) in [7, 11) is 0.